The molecule has 2 atom stereocenters. The predicted molar refractivity (Wildman–Crippen MR) is 100 cm³/mol. The van der Waals surface area contributed by atoms with Crippen LogP contribution in [0.15, 0.2) is 24.3 Å². The Kier molecular flexibility index (Phi) is 5.39. The molecule has 1 N–H and O–H groups in total. The van der Waals surface area contributed by atoms with Gasteiger partial charge in [-0.2, -0.15) is 0 Å². The number of hydrogen-bond acceptors (Lipinski definition) is 4. The van der Waals surface area contributed by atoms with Gasteiger partial charge in [0.1, 0.15) is 17.8 Å². The smallest absolute Gasteiger partial charge is 0.325 e. The lowest BCUT2D eigenvalue weighted by Gasteiger charge is -2.36. The maximum absolute atomic E-state index is 12.9. The van der Waals surface area contributed by atoms with Crippen molar-refractivity contribution in [3.63, 3.8) is 0 Å². The first-order chi connectivity index (χ1) is 12.9. The average Bonchev–Trinajstić information content (AvgIpc) is 2.89. The van der Waals surface area contributed by atoms with Gasteiger partial charge in [0.25, 0.3) is 5.91 Å². The molecule has 146 valence electrons. The summed E-state index contributed by atoms with van der Waals surface area (Å²) in [5.41, 5.74) is 0.116. The summed E-state index contributed by atoms with van der Waals surface area (Å²) < 4.78 is 5.13. The second kappa shape index (κ2) is 7.58. The SMILES string of the molecule is COc1ccc(CN(C)C(=O)CN2C(=O)N[C@]3(CCCC[C@@H]3C)C2=O)cc1. The number of carbonyl (C=O) groups excluding carboxylic acids is 3. The highest BCUT2D eigenvalue weighted by Gasteiger charge is 2.55. The Labute approximate surface area is 159 Å². The molecule has 0 aromatic heterocycles. The fourth-order valence-corrected chi connectivity index (χ4v) is 3.99. The van der Waals surface area contributed by atoms with Crippen LogP contribution in [0.5, 0.6) is 5.75 Å². The van der Waals surface area contributed by atoms with Gasteiger partial charge >= 0.3 is 6.03 Å². The Balaban J connectivity index is 1.64. The summed E-state index contributed by atoms with van der Waals surface area (Å²) >= 11 is 0. The molecule has 1 aliphatic heterocycles. The van der Waals surface area contributed by atoms with Crippen LogP contribution in [0, 0.1) is 5.92 Å². The molecule has 1 heterocycles. The summed E-state index contributed by atoms with van der Waals surface area (Å²) in [4.78, 5) is 40.5. The summed E-state index contributed by atoms with van der Waals surface area (Å²) in [6, 6.07) is 6.97. The average molecular weight is 373 g/mol. The van der Waals surface area contributed by atoms with Gasteiger partial charge in [0.2, 0.25) is 5.91 Å². The monoisotopic (exact) mass is 373 g/mol. The number of ether oxygens (including phenoxy) is 1. The maximum atomic E-state index is 12.9. The second-order valence-corrected chi connectivity index (χ2v) is 7.54. The highest BCUT2D eigenvalue weighted by atomic mass is 16.5. The van der Waals surface area contributed by atoms with E-state index in [0.717, 1.165) is 35.5 Å². The molecule has 1 spiro atoms. The number of nitrogens with zero attached hydrogens (tertiary/aromatic N) is 2. The van der Waals surface area contributed by atoms with Crippen LogP contribution in [0.25, 0.3) is 0 Å². The quantitative estimate of drug-likeness (QED) is 0.802. The van der Waals surface area contributed by atoms with E-state index in [4.69, 9.17) is 4.74 Å². The lowest BCUT2D eigenvalue weighted by atomic mass is 9.73. The van der Waals surface area contributed by atoms with Crippen molar-refractivity contribution in [1.29, 1.82) is 0 Å². The lowest BCUT2D eigenvalue weighted by Crippen LogP contribution is -2.54. The van der Waals surface area contributed by atoms with Crippen molar-refractivity contribution in [3.05, 3.63) is 29.8 Å². The van der Waals surface area contributed by atoms with Gasteiger partial charge in [-0.3, -0.25) is 14.5 Å². The number of amides is 4. The zero-order valence-electron chi connectivity index (χ0n) is 16.2. The third kappa shape index (κ3) is 3.63. The second-order valence-electron chi connectivity index (χ2n) is 7.54. The first kappa shape index (κ1) is 19.2. The van der Waals surface area contributed by atoms with Crippen molar-refractivity contribution in [2.45, 2.75) is 44.7 Å². The van der Waals surface area contributed by atoms with Gasteiger partial charge in [0.05, 0.1) is 7.11 Å². The van der Waals surface area contributed by atoms with Crippen molar-refractivity contribution in [2.24, 2.45) is 5.92 Å². The van der Waals surface area contributed by atoms with Gasteiger partial charge in [-0.25, -0.2) is 4.79 Å². The van der Waals surface area contributed by atoms with Crippen molar-refractivity contribution in [3.8, 4) is 5.75 Å². The van der Waals surface area contributed by atoms with Crippen molar-refractivity contribution < 1.29 is 19.1 Å². The molecule has 0 unspecified atom stereocenters. The zero-order valence-corrected chi connectivity index (χ0v) is 16.2. The van der Waals surface area contributed by atoms with E-state index in [9.17, 15) is 14.4 Å². The van der Waals surface area contributed by atoms with E-state index < -0.39 is 11.6 Å². The molecule has 7 heteroatoms. The molecule has 1 aromatic rings. The van der Waals surface area contributed by atoms with Crippen LogP contribution in [0.4, 0.5) is 4.79 Å². The number of rotatable bonds is 5. The lowest BCUT2D eigenvalue weighted by molar-refractivity contribution is -0.140. The minimum Gasteiger partial charge on any atom is -0.497 e. The standard InChI is InChI=1S/C20H27N3O4/c1-14-6-4-5-11-20(14)18(25)23(19(26)21-20)13-17(24)22(2)12-15-7-9-16(27-3)10-8-15/h7-10,14H,4-6,11-13H2,1-3H3,(H,21,26)/t14-,20-/m0/s1. The van der Waals surface area contributed by atoms with Crippen LogP contribution in [0.2, 0.25) is 0 Å². The van der Waals surface area contributed by atoms with E-state index in [-0.39, 0.29) is 24.3 Å². The molecular weight excluding hydrogens is 346 g/mol. The number of nitrogens with one attached hydrogen (secondary N) is 1. The molecule has 27 heavy (non-hydrogen) atoms. The highest BCUT2D eigenvalue weighted by molar-refractivity contribution is 6.09. The molecule has 1 aliphatic carbocycles. The molecule has 1 saturated carbocycles. The Morgan fingerprint density at radius 1 is 1.30 bits per heavy atom. The minimum absolute atomic E-state index is 0.0832. The van der Waals surface area contributed by atoms with Gasteiger partial charge in [-0.15, -0.1) is 0 Å². The van der Waals surface area contributed by atoms with Crippen LogP contribution in [0.1, 0.15) is 38.2 Å². The van der Waals surface area contributed by atoms with Gasteiger partial charge in [-0.1, -0.05) is 31.9 Å². The normalized spacial score (nSPS) is 24.9. The molecular formula is C20H27N3O4. The summed E-state index contributed by atoms with van der Waals surface area (Å²) in [7, 11) is 3.27. The predicted octanol–water partition coefficient (Wildman–Crippen LogP) is 2.15. The number of carbonyl (C=O) groups is 3. The third-order valence-electron chi connectivity index (χ3n) is 5.80. The van der Waals surface area contributed by atoms with Gasteiger partial charge in [0.15, 0.2) is 0 Å². The molecule has 3 rings (SSSR count). The molecule has 7 nitrogen and oxygen atoms in total. The fourth-order valence-electron chi connectivity index (χ4n) is 3.99. The van der Waals surface area contributed by atoms with Crippen LogP contribution < -0.4 is 10.1 Å². The molecule has 1 saturated heterocycles. The van der Waals surface area contributed by atoms with E-state index in [1.807, 2.05) is 31.2 Å². The van der Waals surface area contributed by atoms with E-state index in [1.165, 1.54) is 4.90 Å². The van der Waals surface area contributed by atoms with Crippen LogP contribution >= 0.6 is 0 Å². The number of hydrogen-bond donors (Lipinski definition) is 1. The maximum Gasteiger partial charge on any atom is 0.325 e. The number of imide groups is 1. The van der Waals surface area contributed by atoms with Crippen molar-refractivity contribution in [2.75, 3.05) is 20.7 Å². The number of benzene rings is 1. The van der Waals surface area contributed by atoms with Crippen LogP contribution in [-0.4, -0.2) is 53.9 Å². The zero-order chi connectivity index (χ0) is 19.6. The Morgan fingerprint density at radius 2 is 2.00 bits per heavy atom. The van der Waals surface area contributed by atoms with Crippen molar-refractivity contribution in [1.82, 2.24) is 15.1 Å². The molecule has 4 amide bonds. The van der Waals surface area contributed by atoms with Gasteiger partial charge in [0, 0.05) is 13.6 Å². The van der Waals surface area contributed by atoms with Gasteiger partial charge in [-0.05, 0) is 36.5 Å². The summed E-state index contributed by atoms with van der Waals surface area (Å²) in [6.07, 6.45) is 3.53. The fraction of sp³-hybridized carbons (Fsp3) is 0.550. The molecule has 0 bridgehead atoms. The topological polar surface area (TPSA) is 79.0 Å². The number of likely N-dealkylation sites (N-methyl/N-ethyl adjacent to an activating group) is 1. The Morgan fingerprint density at radius 3 is 2.63 bits per heavy atom. The Hall–Kier alpha value is -2.57. The number of urea groups is 1. The van der Waals surface area contributed by atoms with E-state index in [1.54, 1.807) is 14.2 Å². The van der Waals surface area contributed by atoms with E-state index >= 15 is 0 Å². The molecule has 0 radical (unpaired) electrons. The first-order valence-corrected chi connectivity index (χ1v) is 9.38. The van der Waals surface area contributed by atoms with Gasteiger partial charge < -0.3 is 15.0 Å². The minimum atomic E-state index is -0.829. The first-order valence-electron chi connectivity index (χ1n) is 9.38. The molecule has 1 aromatic carbocycles. The third-order valence-corrected chi connectivity index (χ3v) is 5.80. The highest BCUT2D eigenvalue weighted by Crippen LogP contribution is 2.38. The van der Waals surface area contributed by atoms with Crippen LogP contribution in [0.3, 0.4) is 0 Å². The van der Waals surface area contributed by atoms with E-state index in [0.29, 0.717) is 13.0 Å². The summed E-state index contributed by atoms with van der Waals surface area (Å²) in [6.45, 7) is 2.16. The van der Waals surface area contributed by atoms with Crippen molar-refractivity contribution >= 4 is 17.8 Å². The summed E-state index contributed by atoms with van der Waals surface area (Å²) in [5.74, 6) is 0.305. The van der Waals surface area contributed by atoms with Crippen LogP contribution in [-0.2, 0) is 16.1 Å². The Bertz CT molecular complexity index is 733. The molecule has 2 fully saturated rings. The number of methoxy groups -OCH3 is 1. The van der Waals surface area contributed by atoms with E-state index in [2.05, 4.69) is 5.32 Å². The molecule has 2 aliphatic rings. The largest absolute Gasteiger partial charge is 0.497 e. The summed E-state index contributed by atoms with van der Waals surface area (Å²) in [5, 5.41) is 2.88.